The van der Waals surface area contributed by atoms with Crippen LogP contribution in [0, 0.1) is 17.8 Å². The fraction of sp³-hybridized carbons (Fsp3) is 0.545. The van der Waals surface area contributed by atoms with Crippen LogP contribution in [0.2, 0.25) is 0 Å². The molecule has 2 amide bonds. The van der Waals surface area contributed by atoms with Crippen LogP contribution < -0.4 is 21.2 Å². The van der Waals surface area contributed by atoms with E-state index in [0.717, 1.165) is 53.0 Å². The first-order chi connectivity index (χ1) is 19.8. The van der Waals surface area contributed by atoms with Crippen molar-refractivity contribution < 1.29 is 9.59 Å². The van der Waals surface area contributed by atoms with Crippen LogP contribution in [0.15, 0.2) is 47.3 Å². The maximum absolute atomic E-state index is 13.3. The zero-order valence-corrected chi connectivity index (χ0v) is 24.2. The fourth-order valence-electron chi connectivity index (χ4n) is 8.94. The summed E-state index contributed by atoms with van der Waals surface area (Å²) in [5.41, 5.74) is 5.20. The Kier molecular flexibility index (Phi) is 6.57. The SMILES string of the molecule is CN(Cc1cccc2c1n(C)c(=O)n2C1CCC(=O)NC1=O)c1ccc(CCNC23CC4CC(CC(C4)C2)C3)cc1. The summed E-state index contributed by atoms with van der Waals surface area (Å²) in [5, 5.41) is 6.41. The van der Waals surface area contributed by atoms with Gasteiger partial charge >= 0.3 is 5.69 Å². The van der Waals surface area contributed by atoms with Crippen LogP contribution in [0.1, 0.15) is 68.5 Å². The molecule has 4 bridgehead atoms. The molecule has 1 unspecified atom stereocenters. The predicted octanol–water partition coefficient (Wildman–Crippen LogP) is 4.06. The number of benzene rings is 2. The van der Waals surface area contributed by atoms with Gasteiger partial charge in [-0.05, 0) is 105 Å². The third-order valence-corrected chi connectivity index (χ3v) is 10.4. The minimum atomic E-state index is -0.679. The van der Waals surface area contributed by atoms with Crippen LogP contribution in [0.5, 0.6) is 0 Å². The van der Waals surface area contributed by atoms with E-state index in [1.807, 2.05) is 18.2 Å². The Hall–Kier alpha value is -3.39. The molecule has 5 aliphatic rings. The Morgan fingerprint density at radius 3 is 2.32 bits per heavy atom. The number of nitrogens with zero attached hydrogens (tertiary/aromatic N) is 3. The molecular formula is C33H41N5O3. The zero-order chi connectivity index (χ0) is 28.3. The molecule has 216 valence electrons. The molecule has 1 atom stereocenters. The van der Waals surface area contributed by atoms with Crippen LogP contribution in [-0.4, -0.2) is 40.1 Å². The number of fused-ring (bicyclic) bond motifs is 1. The number of carbonyl (C=O) groups is 2. The number of carbonyl (C=O) groups excluding carboxylic acids is 2. The van der Waals surface area contributed by atoms with E-state index in [0.29, 0.717) is 18.5 Å². The standard InChI is InChI=1S/C33H41N5O3/c1-36(20-25-4-3-5-27-30(25)37(2)32(41)38(27)28-10-11-29(39)35-31(28)40)26-8-6-21(7-9-26)12-13-34-33-17-22-14-23(18-33)16-24(15-22)19-33/h3-9,22-24,28,34H,10-20H2,1-2H3,(H,35,39,40). The number of amides is 2. The number of anilines is 1. The average Bonchev–Trinajstić information content (AvgIpc) is 3.18. The first-order valence-electron chi connectivity index (χ1n) is 15.4. The monoisotopic (exact) mass is 555 g/mol. The van der Waals surface area contributed by atoms with Crippen molar-refractivity contribution >= 4 is 28.5 Å². The van der Waals surface area contributed by atoms with Crippen molar-refractivity contribution in [3.05, 3.63) is 64.1 Å². The van der Waals surface area contributed by atoms with Crippen LogP contribution in [0.3, 0.4) is 0 Å². The van der Waals surface area contributed by atoms with E-state index in [1.165, 1.54) is 44.1 Å². The van der Waals surface area contributed by atoms with Crippen molar-refractivity contribution in [2.75, 3.05) is 18.5 Å². The Morgan fingerprint density at radius 1 is 0.976 bits per heavy atom. The average molecular weight is 556 g/mol. The van der Waals surface area contributed by atoms with Gasteiger partial charge in [0.25, 0.3) is 0 Å². The third kappa shape index (κ3) is 4.80. The Labute approximate surface area is 241 Å². The molecule has 3 aromatic rings. The minimum absolute atomic E-state index is 0.232. The summed E-state index contributed by atoms with van der Waals surface area (Å²) in [6.45, 7) is 1.67. The minimum Gasteiger partial charge on any atom is -0.370 e. The maximum Gasteiger partial charge on any atom is 0.329 e. The number of aromatic nitrogens is 2. The van der Waals surface area contributed by atoms with E-state index >= 15 is 0 Å². The smallest absolute Gasteiger partial charge is 0.329 e. The van der Waals surface area contributed by atoms with Crippen molar-refractivity contribution in [2.24, 2.45) is 24.8 Å². The highest BCUT2D eigenvalue weighted by Gasteiger charge is 2.50. The number of hydrogen-bond donors (Lipinski definition) is 2. The molecule has 1 aromatic heterocycles. The molecule has 5 fully saturated rings. The molecule has 8 heteroatoms. The molecule has 8 rings (SSSR count). The Bertz CT molecular complexity index is 1520. The summed E-state index contributed by atoms with van der Waals surface area (Å²) in [7, 11) is 3.82. The number of para-hydroxylation sites is 1. The van der Waals surface area contributed by atoms with Gasteiger partial charge in [0, 0.05) is 38.3 Å². The van der Waals surface area contributed by atoms with Crippen molar-refractivity contribution in [3.8, 4) is 0 Å². The third-order valence-electron chi connectivity index (χ3n) is 10.4. The molecule has 2 heterocycles. The largest absolute Gasteiger partial charge is 0.370 e. The van der Waals surface area contributed by atoms with Gasteiger partial charge in [-0.25, -0.2) is 4.79 Å². The number of aryl methyl sites for hydroxylation is 1. The molecule has 0 spiro atoms. The summed E-state index contributed by atoms with van der Waals surface area (Å²) in [4.78, 5) is 39.7. The lowest BCUT2D eigenvalue weighted by Gasteiger charge is -2.57. The lowest BCUT2D eigenvalue weighted by molar-refractivity contribution is -0.135. The van der Waals surface area contributed by atoms with Crippen LogP contribution in [0.4, 0.5) is 5.69 Å². The number of piperidine rings is 1. The number of rotatable bonds is 8. The van der Waals surface area contributed by atoms with Crippen LogP contribution in [0.25, 0.3) is 11.0 Å². The van der Waals surface area contributed by atoms with Crippen LogP contribution >= 0.6 is 0 Å². The molecule has 1 saturated heterocycles. The zero-order valence-electron chi connectivity index (χ0n) is 24.2. The Morgan fingerprint density at radius 2 is 1.66 bits per heavy atom. The molecule has 4 aliphatic carbocycles. The highest BCUT2D eigenvalue weighted by Crippen LogP contribution is 2.55. The number of imidazole rings is 1. The lowest BCUT2D eigenvalue weighted by Crippen LogP contribution is -2.58. The Balaban J connectivity index is 1.03. The molecule has 8 nitrogen and oxygen atoms in total. The molecule has 2 N–H and O–H groups in total. The molecule has 1 aliphatic heterocycles. The lowest BCUT2D eigenvalue weighted by atomic mass is 9.53. The van der Waals surface area contributed by atoms with Gasteiger partial charge in [0.05, 0.1) is 11.0 Å². The second-order valence-electron chi connectivity index (χ2n) is 13.4. The van der Waals surface area contributed by atoms with Crippen molar-refractivity contribution in [2.45, 2.75) is 75.9 Å². The molecule has 4 saturated carbocycles. The van der Waals surface area contributed by atoms with Crippen molar-refractivity contribution in [1.82, 2.24) is 19.8 Å². The van der Waals surface area contributed by atoms with E-state index in [9.17, 15) is 14.4 Å². The number of nitrogens with one attached hydrogen (secondary N) is 2. The highest BCUT2D eigenvalue weighted by molar-refractivity contribution is 6.00. The summed E-state index contributed by atoms with van der Waals surface area (Å²) in [5.74, 6) is 2.20. The summed E-state index contributed by atoms with van der Waals surface area (Å²) < 4.78 is 3.18. The van der Waals surface area contributed by atoms with E-state index in [2.05, 4.69) is 46.8 Å². The van der Waals surface area contributed by atoms with E-state index in [1.54, 1.807) is 16.2 Å². The van der Waals surface area contributed by atoms with Gasteiger partial charge in [0.15, 0.2) is 0 Å². The summed E-state index contributed by atoms with van der Waals surface area (Å²) >= 11 is 0. The van der Waals surface area contributed by atoms with Gasteiger partial charge in [0.1, 0.15) is 6.04 Å². The number of hydrogen-bond acceptors (Lipinski definition) is 5. The van der Waals surface area contributed by atoms with E-state index < -0.39 is 11.9 Å². The topological polar surface area (TPSA) is 88.4 Å². The van der Waals surface area contributed by atoms with E-state index in [-0.39, 0.29) is 18.0 Å². The van der Waals surface area contributed by atoms with Gasteiger partial charge in [0.2, 0.25) is 11.8 Å². The first kappa shape index (κ1) is 26.5. The van der Waals surface area contributed by atoms with Crippen LogP contribution in [-0.2, 0) is 29.6 Å². The number of imide groups is 1. The first-order valence-corrected chi connectivity index (χ1v) is 15.4. The van der Waals surface area contributed by atoms with Crippen molar-refractivity contribution in [1.29, 1.82) is 0 Å². The highest BCUT2D eigenvalue weighted by atomic mass is 16.2. The molecule has 2 aromatic carbocycles. The fourth-order valence-corrected chi connectivity index (χ4v) is 8.94. The molecular weight excluding hydrogens is 514 g/mol. The summed E-state index contributed by atoms with van der Waals surface area (Å²) in [6, 6.07) is 14.0. The maximum atomic E-state index is 13.3. The van der Waals surface area contributed by atoms with Gasteiger partial charge in [-0.1, -0.05) is 24.3 Å². The second-order valence-corrected chi connectivity index (χ2v) is 13.4. The van der Waals surface area contributed by atoms with Gasteiger partial charge in [-0.15, -0.1) is 0 Å². The predicted molar refractivity (Wildman–Crippen MR) is 160 cm³/mol. The van der Waals surface area contributed by atoms with Crippen molar-refractivity contribution in [3.63, 3.8) is 0 Å². The molecule has 41 heavy (non-hydrogen) atoms. The van der Waals surface area contributed by atoms with E-state index in [4.69, 9.17) is 0 Å². The second kappa shape index (κ2) is 10.2. The normalized spacial score (nSPS) is 28.8. The van der Waals surface area contributed by atoms with Gasteiger partial charge in [-0.3, -0.25) is 24.0 Å². The van der Waals surface area contributed by atoms with Gasteiger partial charge in [-0.2, -0.15) is 0 Å². The quantitative estimate of drug-likeness (QED) is 0.410. The van der Waals surface area contributed by atoms with Gasteiger partial charge < -0.3 is 10.2 Å². The molecule has 0 radical (unpaired) electrons. The summed E-state index contributed by atoms with van der Waals surface area (Å²) in [6.07, 6.45) is 10.2.